The number of hydrogen-bond acceptors (Lipinski definition) is 5. The summed E-state index contributed by atoms with van der Waals surface area (Å²) in [5.74, 6) is 1.06. The Balaban J connectivity index is 1.73. The minimum absolute atomic E-state index is 0.0277. The van der Waals surface area contributed by atoms with Crippen LogP contribution in [0.1, 0.15) is 43.6 Å². The summed E-state index contributed by atoms with van der Waals surface area (Å²) in [6.07, 6.45) is -0.205. The van der Waals surface area contributed by atoms with Gasteiger partial charge in [-0.2, -0.15) is 0 Å². The molecule has 0 bridgehead atoms. The van der Waals surface area contributed by atoms with Gasteiger partial charge in [-0.15, -0.1) is 11.3 Å². The standard InChI is InChI=1S/C21H27NO4S2/c1-15(2)17-6-8-19(9-7-17)26-16(3)21(23)22(13-20-5-4-11-27-20)18-10-12-28(24,25)14-18/h4-9,11,15-16,18H,10,12-14H2,1-3H3. The van der Waals surface area contributed by atoms with Crippen LogP contribution in [0.4, 0.5) is 0 Å². The van der Waals surface area contributed by atoms with Crippen molar-refractivity contribution in [2.24, 2.45) is 0 Å². The third kappa shape index (κ3) is 5.14. The summed E-state index contributed by atoms with van der Waals surface area (Å²) in [6, 6.07) is 11.4. The normalized spacial score (nSPS) is 19.5. The van der Waals surface area contributed by atoms with E-state index in [9.17, 15) is 13.2 Å². The molecule has 1 aliphatic rings. The quantitative estimate of drug-likeness (QED) is 0.681. The van der Waals surface area contributed by atoms with Crippen LogP contribution in [0.15, 0.2) is 41.8 Å². The summed E-state index contributed by atoms with van der Waals surface area (Å²) in [5, 5.41) is 1.96. The molecule has 28 heavy (non-hydrogen) atoms. The van der Waals surface area contributed by atoms with E-state index in [0.29, 0.717) is 24.6 Å². The average molecular weight is 422 g/mol. The summed E-state index contributed by atoms with van der Waals surface area (Å²) < 4.78 is 29.8. The predicted molar refractivity (Wildman–Crippen MR) is 113 cm³/mol. The maximum atomic E-state index is 13.2. The van der Waals surface area contributed by atoms with E-state index in [-0.39, 0.29) is 23.5 Å². The molecule has 2 unspecified atom stereocenters. The Bertz CT molecular complexity index is 889. The highest BCUT2D eigenvalue weighted by Gasteiger charge is 2.36. The Morgan fingerprint density at radius 1 is 1.21 bits per heavy atom. The van der Waals surface area contributed by atoms with Crippen LogP contribution in [0.3, 0.4) is 0 Å². The molecule has 1 saturated heterocycles. The van der Waals surface area contributed by atoms with Gasteiger partial charge in [-0.05, 0) is 48.4 Å². The zero-order valence-electron chi connectivity index (χ0n) is 16.5. The number of rotatable bonds is 7. The smallest absolute Gasteiger partial charge is 0.263 e. The van der Waals surface area contributed by atoms with Crippen LogP contribution in [0.5, 0.6) is 5.75 Å². The maximum Gasteiger partial charge on any atom is 0.263 e. The third-order valence-corrected chi connectivity index (χ3v) is 7.66. The number of ether oxygens (including phenoxy) is 1. The molecule has 0 N–H and O–H groups in total. The van der Waals surface area contributed by atoms with Gasteiger partial charge in [-0.25, -0.2) is 8.42 Å². The number of nitrogens with zero attached hydrogens (tertiary/aromatic N) is 1. The first-order valence-electron chi connectivity index (χ1n) is 9.55. The van der Waals surface area contributed by atoms with Gasteiger partial charge in [-0.3, -0.25) is 4.79 Å². The van der Waals surface area contributed by atoms with Crippen LogP contribution in [0.25, 0.3) is 0 Å². The van der Waals surface area contributed by atoms with Gasteiger partial charge in [0, 0.05) is 10.9 Å². The van der Waals surface area contributed by atoms with Crippen molar-refractivity contribution in [1.82, 2.24) is 4.90 Å². The zero-order chi connectivity index (χ0) is 20.3. The van der Waals surface area contributed by atoms with E-state index in [0.717, 1.165) is 4.88 Å². The van der Waals surface area contributed by atoms with Crippen molar-refractivity contribution in [2.45, 2.75) is 51.8 Å². The molecule has 1 amide bonds. The second-order valence-electron chi connectivity index (χ2n) is 7.59. The highest BCUT2D eigenvalue weighted by Crippen LogP contribution is 2.24. The Hall–Kier alpha value is -1.86. The fourth-order valence-electron chi connectivity index (χ4n) is 3.40. The topological polar surface area (TPSA) is 63.7 Å². The van der Waals surface area contributed by atoms with Crippen LogP contribution >= 0.6 is 11.3 Å². The lowest BCUT2D eigenvalue weighted by Gasteiger charge is -2.30. The molecule has 2 heterocycles. The Kier molecular flexibility index (Phi) is 6.45. The lowest BCUT2D eigenvalue weighted by molar-refractivity contribution is -0.140. The summed E-state index contributed by atoms with van der Waals surface area (Å²) in [5.41, 5.74) is 1.21. The first kappa shape index (κ1) is 20.9. The van der Waals surface area contributed by atoms with Gasteiger partial charge >= 0.3 is 0 Å². The molecule has 7 heteroatoms. The van der Waals surface area contributed by atoms with E-state index in [1.807, 2.05) is 41.8 Å². The average Bonchev–Trinajstić information content (AvgIpc) is 3.28. The molecule has 0 radical (unpaired) electrons. The van der Waals surface area contributed by atoms with Crippen LogP contribution in [-0.2, 0) is 21.2 Å². The van der Waals surface area contributed by atoms with E-state index in [1.54, 1.807) is 23.2 Å². The zero-order valence-corrected chi connectivity index (χ0v) is 18.1. The van der Waals surface area contributed by atoms with Crippen LogP contribution in [0.2, 0.25) is 0 Å². The highest BCUT2D eigenvalue weighted by molar-refractivity contribution is 7.91. The molecule has 1 aromatic heterocycles. The molecule has 0 saturated carbocycles. The largest absolute Gasteiger partial charge is 0.481 e. The van der Waals surface area contributed by atoms with Gasteiger partial charge in [-0.1, -0.05) is 32.0 Å². The highest BCUT2D eigenvalue weighted by atomic mass is 32.2. The molecule has 1 aromatic carbocycles. The van der Waals surface area contributed by atoms with Crippen molar-refractivity contribution in [2.75, 3.05) is 11.5 Å². The van der Waals surface area contributed by atoms with Crippen molar-refractivity contribution in [3.05, 3.63) is 52.2 Å². The number of amides is 1. The monoisotopic (exact) mass is 421 g/mol. The molecule has 2 atom stereocenters. The van der Waals surface area contributed by atoms with Crippen LogP contribution in [0, 0.1) is 0 Å². The van der Waals surface area contributed by atoms with Crippen molar-refractivity contribution in [3.8, 4) is 5.75 Å². The maximum absolute atomic E-state index is 13.2. The number of carbonyl (C=O) groups excluding carboxylic acids is 1. The summed E-state index contributed by atoms with van der Waals surface area (Å²) in [7, 11) is -3.08. The number of thiophene rings is 1. The molecule has 0 aliphatic carbocycles. The number of sulfone groups is 1. The van der Waals surface area contributed by atoms with Gasteiger partial charge in [0.15, 0.2) is 15.9 Å². The SMILES string of the molecule is CC(Oc1ccc(C(C)C)cc1)C(=O)N(Cc1cccs1)C1CCS(=O)(=O)C1. The summed E-state index contributed by atoms with van der Waals surface area (Å²) >= 11 is 1.56. The molecule has 5 nitrogen and oxygen atoms in total. The van der Waals surface area contributed by atoms with Crippen molar-refractivity contribution < 1.29 is 17.9 Å². The molecule has 0 spiro atoms. The van der Waals surface area contributed by atoms with E-state index >= 15 is 0 Å². The molecule has 152 valence electrons. The molecule has 1 aliphatic heterocycles. The van der Waals surface area contributed by atoms with Gasteiger partial charge in [0.1, 0.15) is 5.75 Å². The molecular formula is C21H27NO4S2. The van der Waals surface area contributed by atoms with Crippen LogP contribution < -0.4 is 4.74 Å². The van der Waals surface area contributed by atoms with Gasteiger partial charge in [0.2, 0.25) is 0 Å². The van der Waals surface area contributed by atoms with E-state index in [1.165, 1.54) is 5.56 Å². The van der Waals surface area contributed by atoms with Gasteiger partial charge < -0.3 is 9.64 Å². The first-order chi connectivity index (χ1) is 13.2. The lowest BCUT2D eigenvalue weighted by atomic mass is 10.0. The molecule has 1 fully saturated rings. The van der Waals surface area contributed by atoms with E-state index in [2.05, 4.69) is 13.8 Å². The fraction of sp³-hybridized carbons (Fsp3) is 0.476. The summed E-state index contributed by atoms with van der Waals surface area (Å²) in [6.45, 7) is 6.39. The fourth-order valence-corrected chi connectivity index (χ4v) is 5.83. The Labute approximate surface area is 171 Å². The minimum atomic E-state index is -3.08. The predicted octanol–water partition coefficient (Wildman–Crippen LogP) is 3.85. The first-order valence-corrected chi connectivity index (χ1v) is 12.2. The molecule has 3 rings (SSSR count). The second kappa shape index (κ2) is 8.66. The number of benzene rings is 1. The third-order valence-electron chi connectivity index (χ3n) is 5.05. The van der Waals surface area contributed by atoms with Crippen LogP contribution in [-0.4, -0.2) is 42.9 Å². The Morgan fingerprint density at radius 2 is 1.93 bits per heavy atom. The minimum Gasteiger partial charge on any atom is -0.481 e. The Morgan fingerprint density at radius 3 is 2.46 bits per heavy atom. The van der Waals surface area contributed by atoms with Gasteiger partial charge in [0.05, 0.1) is 18.1 Å². The van der Waals surface area contributed by atoms with E-state index < -0.39 is 15.9 Å². The van der Waals surface area contributed by atoms with Gasteiger partial charge in [0.25, 0.3) is 5.91 Å². The van der Waals surface area contributed by atoms with Crippen molar-refractivity contribution in [3.63, 3.8) is 0 Å². The molecule has 2 aromatic rings. The van der Waals surface area contributed by atoms with E-state index in [4.69, 9.17) is 4.74 Å². The number of hydrogen-bond donors (Lipinski definition) is 0. The summed E-state index contributed by atoms with van der Waals surface area (Å²) in [4.78, 5) is 15.9. The molecular weight excluding hydrogens is 394 g/mol. The lowest BCUT2D eigenvalue weighted by Crippen LogP contribution is -2.46. The second-order valence-corrected chi connectivity index (χ2v) is 10.8. The number of carbonyl (C=O) groups is 1. The van der Waals surface area contributed by atoms with Crippen molar-refractivity contribution in [1.29, 1.82) is 0 Å². The van der Waals surface area contributed by atoms with Crippen molar-refractivity contribution >= 4 is 27.1 Å².